The van der Waals surface area contributed by atoms with E-state index in [2.05, 4.69) is 12.2 Å². The second-order valence-corrected chi connectivity index (χ2v) is 9.84. The molecule has 0 saturated carbocycles. The number of aryl methyl sites for hydroxylation is 4. The molecule has 156 valence electrons. The minimum absolute atomic E-state index is 0.119. The molecule has 2 aromatic carbocycles. The Morgan fingerprint density at radius 3 is 2.31 bits per heavy atom. The van der Waals surface area contributed by atoms with Crippen molar-refractivity contribution in [2.24, 2.45) is 5.92 Å². The molecule has 0 radical (unpaired) electrons. The van der Waals surface area contributed by atoms with Gasteiger partial charge in [-0.25, -0.2) is 8.42 Å². The van der Waals surface area contributed by atoms with Crippen LogP contribution in [0.4, 0.5) is 5.69 Å². The van der Waals surface area contributed by atoms with E-state index in [0.29, 0.717) is 24.3 Å². The average Bonchev–Trinajstić information content (AvgIpc) is 2.67. The van der Waals surface area contributed by atoms with Gasteiger partial charge in [-0.05, 0) is 68.9 Å². The van der Waals surface area contributed by atoms with Gasteiger partial charge in [-0.2, -0.15) is 4.31 Å². The van der Waals surface area contributed by atoms with Crippen LogP contribution in [0.2, 0.25) is 0 Å². The van der Waals surface area contributed by atoms with E-state index in [0.717, 1.165) is 28.8 Å². The van der Waals surface area contributed by atoms with Crippen LogP contribution < -0.4 is 5.32 Å². The molecule has 0 aromatic heterocycles. The van der Waals surface area contributed by atoms with Crippen molar-refractivity contribution in [2.75, 3.05) is 18.4 Å². The smallest absolute Gasteiger partial charge is 0.243 e. The van der Waals surface area contributed by atoms with E-state index in [1.807, 2.05) is 57.2 Å². The van der Waals surface area contributed by atoms with Crippen molar-refractivity contribution in [3.05, 3.63) is 58.7 Å². The lowest BCUT2D eigenvalue weighted by atomic mass is 9.98. The molecule has 0 spiro atoms. The molecular weight excluding hydrogens is 384 g/mol. The number of carbonyl (C=O) groups excluding carboxylic acids is 1. The Bertz CT molecular complexity index is 974. The molecule has 1 fully saturated rings. The number of sulfonamides is 1. The maximum atomic E-state index is 13.3. The Morgan fingerprint density at radius 2 is 1.72 bits per heavy atom. The molecule has 2 aromatic rings. The van der Waals surface area contributed by atoms with E-state index < -0.39 is 10.0 Å². The molecule has 1 heterocycles. The monoisotopic (exact) mass is 414 g/mol. The van der Waals surface area contributed by atoms with Crippen LogP contribution in [0.1, 0.15) is 42.0 Å². The first-order valence-electron chi connectivity index (χ1n) is 10.2. The molecule has 6 heteroatoms. The van der Waals surface area contributed by atoms with Crippen LogP contribution >= 0.6 is 0 Å². The number of rotatable bonds is 5. The van der Waals surface area contributed by atoms with Crippen molar-refractivity contribution in [1.82, 2.24) is 4.31 Å². The van der Waals surface area contributed by atoms with Gasteiger partial charge in [0.05, 0.1) is 10.8 Å². The number of benzene rings is 2. The Balaban J connectivity index is 1.76. The molecule has 1 saturated heterocycles. The Labute approximate surface area is 174 Å². The molecule has 0 unspecified atom stereocenters. The first-order valence-corrected chi connectivity index (χ1v) is 11.6. The van der Waals surface area contributed by atoms with E-state index in [9.17, 15) is 13.2 Å². The maximum Gasteiger partial charge on any atom is 0.243 e. The van der Waals surface area contributed by atoms with Crippen molar-refractivity contribution in [1.29, 1.82) is 0 Å². The van der Waals surface area contributed by atoms with Crippen molar-refractivity contribution >= 4 is 21.6 Å². The molecule has 1 atom stereocenters. The zero-order chi connectivity index (χ0) is 21.2. The lowest BCUT2D eigenvalue weighted by Gasteiger charge is -2.32. The van der Waals surface area contributed by atoms with E-state index in [1.165, 1.54) is 9.87 Å². The molecule has 1 amide bonds. The van der Waals surface area contributed by atoms with Gasteiger partial charge in [0.15, 0.2) is 0 Å². The fourth-order valence-electron chi connectivity index (χ4n) is 4.15. The minimum Gasteiger partial charge on any atom is -0.326 e. The molecule has 0 aliphatic carbocycles. The lowest BCUT2D eigenvalue weighted by molar-refractivity contribution is -0.120. The quantitative estimate of drug-likeness (QED) is 0.797. The Morgan fingerprint density at radius 1 is 1.10 bits per heavy atom. The van der Waals surface area contributed by atoms with Gasteiger partial charge in [-0.3, -0.25) is 4.79 Å². The summed E-state index contributed by atoms with van der Waals surface area (Å²) in [7, 11) is -3.64. The van der Waals surface area contributed by atoms with Crippen LogP contribution in [-0.2, 0) is 21.2 Å². The highest BCUT2D eigenvalue weighted by Gasteiger charge is 2.34. The van der Waals surface area contributed by atoms with E-state index in [-0.39, 0.29) is 18.4 Å². The molecule has 29 heavy (non-hydrogen) atoms. The summed E-state index contributed by atoms with van der Waals surface area (Å²) < 4.78 is 28.1. The molecule has 1 N–H and O–H groups in total. The van der Waals surface area contributed by atoms with Crippen molar-refractivity contribution in [2.45, 2.75) is 51.9 Å². The summed E-state index contributed by atoms with van der Waals surface area (Å²) in [5.41, 5.74) is 4.51. The topological polar surface area (TPSA) is 66.5 Å². The highest BCUT2D eigenvalue weighted by atomic mass is 32.2. The van der Waals surface area contributed by atoms with Crippen LogP contribution in [-0.4, -0.2) is 31.7 Å². The molecule has 0 bridgehead atoms. The highest BCUT2D eigenvalue weighted by Crippen LogP contribution is 2.29. The third kappa shape index (κ3) is 4.70. The third-order valence-electron chi connectivity index (χ3n) is 5.59. The van der Waals surface area contributed by atoms with Crippen molar-refractivity contribution < 1.29 is 13.2 Å². The second kappa shape index (κ2) is 8.67. The van der Waals surface area contributed by atoms with Crippen LogP contribution in [0.5, 0.6) is 0 Å². The van der Waals surface area contributed by atoms with Gasteiger partial charge < -0.3 is 5.32 Å². The minimum atomic E-state index is -3.64. The van der Waals surface area contributed by atoms with Gasteiger partial charge in [-0.1, -0.05) is 36.8 Å². The first kappa shape index (κ1) is 21.5. The van der Waals surface area contributed by atoms with Crippen LogP contribution in [0.3, 0.4) is 0 Å². The number of hydrogen-bond donors (Lipinski definition) is 1. The van der Waals surface area contributed by atoms with E-state index in [1.54, 1.807) is 0 Å². The third-order valence-corrected chi connectivity index (χ3v) is 7.76. The van der Waals surface area contributed by atoms with Crippen LogP contribution in [0.25, 0.3) is 0 Å². The SMILES string of the molecule is CCc1ccc(NC(=O)[C@@H]2CCCN(S(=O)(=O)c3c(C)cc(C)cc3C)C2)cc1. The standard InChI is InChI=1S/C23H30N2O3S/c1-5-19-8-10-21(11-9-19)24-23(26)20-7-6-12-25(15-20)29(27,28)22-17(3)13-16(2)14-18(22)4/h8-11,13-14,20H,5-7,12,15H2,1-4H3,(H,24,26)/t20-/m1/s1. The van der Waals surface area contributed by atoms with Gasteiger partial charge in [0, 0.05) is 18.8 Å². The van der Waals surface area contributed by atoms with Gasteiger partial charge in [-0.15, -0.1) is 0 Å². The highest BCUT2D eigenvalue weighted by molar-refractivity contribution is 7.89. The largest absolute Gasteiger partial charge is 0.326 e. The number of nitrogens with zero attached hydrogens (tertiary/aromatic N) is 1. The van der Waals surface area contributed by atoms with Gasteiger partial charge >= 0.3 is 0 Å². The number of amides is 1. The summed E-state index contributed by atoms with van der Waals surface area (Å²) >= 11 is 0. The molecule has 1 aliphatic heterocycles. The summed E-state index contributed by atoms with van der Waals surface area (Å²) in [5.74, 6) is -0.470. The molecule has 3 rings (SSSR count). The van der Waals surface area contributed by atoms with Crippen molar-refractivity contribution in [3.63, 3.8) is 0 Å². The number of carbonyl (C=O) groups is 1. The fourth-order valence-corrected chi connectivity index (χ4v) is 6.08. The second-order valence-electron chi connectivity index (χ2n) is 7.97. The van der Waals surface area contributed by atoms with Crippen molar-refractivity contribution in [3.8, 4) is 0 Å². The van der Waals surface area contributed by atoms with E-state index in [4.69, 9.17) is 0 Å². The zero-order valence-corrected chi connectivity index (χ0v) is 18.5. The first-order chi connectivity index (χ1) is 13.7. The van der Waals surface area contributed by atoms with Gasteiger partial charge in [0.25, 0.3) is 0 Å². The number of piperidine rings is 1. The summed E-state index contributed by atoms with van der Waals surface area (Å²) in [5, 5.41) is 2.94. The van der Waals surface area contributed by atoms with Gasteiger partial charge in [0.2, 0.25) is 15.9 Å². The Hall–Kier alpha value is -2.18. The number of nitrogens with one attached hydrogen (secondary N) is 1. The summed E-state index contributed by atoms with van der Waals surface area (Å²) in [6.07, 6.45) is 2.31. The summed E-state index contributed by atoms with van der Waals surface area (Å²) in [4.78, 5) is 13.2. The van der Waals surface area contributed by atoms with Gasteiger partial charge in [0.1, 0.15) is 0 Å². The fraction of sp³-hybridized carbons (Fsp3) is 0.435. The van der Waals surface area contributed by atoms with Crippen LogP contribution in [0, 0.1) is 26.7 Å². The predicted octanol–water partition coefficient (Wildman–Crippen LogP) is 4.21. The number of anilines is 1. The van der Waals surface area contributed by atoms with Crippen LogP contribution in [0.15, 0.2) is 41.3 Å². The zero-order valence-electron chi connectivity index (χ0n) is 17.7. The lowest BCUT2D eigenvalue weighted by Crippen LogP contribution is -2.44. The normalized spacial score (nSPS) is 17.9. The molecule has 5 nitrogen and oxygen atoms in total. The molecule has 1 aliphatic rings. The predicted molar refractivity (Wildman–Crippen MR) is 117 cm³/mol. The summed E-state index contributed by atoms with van der Waals surface area (Å²) in [6.45, 7) is 8.38. The maximum absolute atomic E-state index is 13.3. The number of hydrogen-bond acceptors (Lipinski definition) is 3. The molecular formula is C23H30N2O3S. The average molecular weight is 415 g/mol. The van der Waals surface area contributed by atoms with E-state index >= 15 is 0 Å². The summed E-state index contributed by atoms with van der Waals surface area (Å²) in [6, 6.07) is 11.6. The Kier molecular flexibility index (Phi) is 6.44.